The molecular weight excluding hydrogens is 331 g/mol. The molecule has 0 radical (unpaired) electrons. The molecule has 0 aliphatic carbocycles. The van der Waals surface area contributed by atoms with E-state index >= 15 is 0 Å². The van der Waals surface area contributed by atoms with Crippen molar-refractivity contribution in [2.24, 2.45) is 0 Å². The van der Waals surface area contributed by atoms with Crippen LogP contribution >= 0.6 is 27.5 Å². The Morgan fingerprint density at radius 2 is 1.95 bits per heavy atom. The van der Waals surface area contributed by atoms with Crippen molar-refractivity contribution in [1.82, 2.24) is 9.55 Å². The van der Waals surface area contributed by atoms with E-state index in [9.17, 15) is 4.39 Å². The minimum absolute atomic E-state index is 0.218. The number of rotatable bonds is 2. The van der Waals surface area contributed by atoms with E-state index in [1.807, 2.05) is 34.9 Å². The Balaban J connectivity index is 2.40. The number of fused-ring (bicyclic) bond motifs is 1. The average Bonchev–Trinajstić information content (AvgIpc) is 2.79. The van der Waals surface area contributed by atoms with Crippen LogP contribution in [0.3, 0.4) is 0 Å². The maximum atomic E-state index is 13.8. The van der Waals surface area contributed by atoms with Gasteiger partial charge in [0.1, 0.15) is 11.3 Å². The highest BCUT2D eigenvalue weighted by molar-refractivity contribution is 9.10. The number of benzene rings is 2. The van der Waals surface area contributed by atoms with Crippen molar-refractivity contribution >= 4 is 38.6 Å². The van der Waals surface area contributed by atoms with E-state index in [1.54, 1.807) is 6.07 Å². The SMILES string of the molecule is Fc1cccc2c1nc(CCl)n2-c1ccccc1Br. The van der Waals surface area contributed by atoms with Crippen LogP contribution < -0.4 is 0 Å². The quantitative estimate of drug-likeness (QED) is 0.621. The fourth-order valence-corrected chi connectivity index (χ4v) is 2.75. The van der Waals surface area contributed by atoms with Crippen LogP contribution in [0.15, 0.2) is 46.9 Å². The highest BCUT2D eigenvalue weighted by Crippen LogP contribution is 2.28. The van der Waals surface area contributed by atoms with E-state index in [1.165, 1.54) is 6.07 Å². The van der Waals surface area contributed by atoms with Crippen LogP contribution in [0.25, 0.3) is 16.7 Å². The molecule has 5 heteroatoms. The lowest BCUT2D eigenvalue weighted by molar-refractivity contribution is 0.637. The van der Waals surface area contributed by atoms with Crippen LogP contribution in [-0.4, -0.2) is 9.55 Å². The van der Waals surface area contributed by atoms with Crippen molar-refractivity contribution in [1.29, 1.82) is 0 Å². The predicted octanol–water partition coefficient (Wildman–Crippen LogP) is 4.67. The molecule has 0 aliphatic heterocycles. The van der Waals surface area contributed by atoms with Gasteiger partial charge in [0.05, 0.1) is 17.1 Å². The van der Waals surface area contributed by atoms with Crippen molar-refractivity contribution < 1.29 is 4.39 Å². The first-order chi connectivity index (χ1) is 9.22. The molecule has 0 spiro atoms. The first kappa shape index (κ1) is 12.6. The molecular formula is C14H9BrClFN2. The number of hydrogen-bond donors (Lipinski definition) is 0. The normalized spacial score (nSPS) is 11.1. The summed E-state index contributed by atoms with van der Waals surface area (Å²) in [5.74, 6) is 0.499. The van der Waals surface area contributed by atoms with Gasteiger partial charge in [-0.2, -0.15) is 0 Å². The van der Waals surface area contributed by atoms with E-state index in [0.29, 0.717) is 16.9 Å². The Bertz CT molecular complexity index is 754. The number of para-hydroxylation sites is 2. The molecule has 96 valence electrons. The Hall–Kier alpha value is -1.39. The van der Waals surface area contributed by atoms with Gasteiger partial charge in [-0.1, -0.05) is 18.2 Å². The molecule has 1 aromatic heterocycles. The van der Waals surface area contributed by atoms with Crippen LogP contribution in [0.2, 0.25) is 0 Å². The van der Waals surface area contributed by atoms with Crippen molar-refractivity contribution in [2.45, 2.75) is 5.88 Å². The standard InChI is InChI=1S/C14H9BrClFN2/c15-9-4-1-2-6-11(9)19-12-7-3-5-10(17)14(12)18-13(19)8-16/h1-7H,8H2. The molecule has 0 aliphatic rings. The topological polar surface area (TPSA) is 17.8 Å². The third kappa shape index (κ3) is 2.05. The zero-order valence-corrected chi connectivity index (χ0v) is 12.1. The second-order valence-corrected chi connectivity index (χ2v) is 5.18. The second-order valence-electron chi connectivity index (χ2n) is 4.06. The second kappa shape index (κ2) is 4.94. The maximum absolute atomic E-state index is 13.8. The molecule has 19 heavy (non-hydrogen) atoms. The van der Waals surface area contributed by atoms with E-state index in [0.717, 1.165) is 10.2 Å². The number of halogens is 3. The van der Waals surface area contributed by atoms with Gasteiger partial charge < -0.3 is 0 Å². The Morgan fingerprint density at radius 1 is 1.16 bits per heavy atom. The van der Waals surface area contributed by atoms with E-state index in [-0.39, 0.29) is 11.7 Å². The summed E-state index contributed by atoms with van der Waals surface area (Å²) < 4.78 is 16.6. The molecule has 0 atom stereocenters. The summed E-state index contributed by atoms with van der Waals surface area (Å²) in [6.07, 6.45) is 0. The van der Waals surface area contributed by atoms with E-state index < -0.39 is 0 Å². The van der Waals surface area contributed by atoms with Gasteiger partial charge in [0.2, 0.25) is 0 Å². The summed E-state index contributed by atoms with van der Waals surface area (Å²) in [6.45, 7) is 0. The lowest BCUT2D eigenvalue weighted by atomic mass is 10.2. The van der Waals surface area contributed by atoms with Crippen LogP contribution in [0.5, 0.6) is 0 Å². The molecule has 1 heterocycles. The highest BCUT2D eigenvalue weighted by Gasteiger charge is 2.15. The lowest BCUT2D eigenvalue weighted by Gasteiger charge is -2.09. The molecule has 0 fully saturated rings. The molecule has 0 saturated carbocycles. The summed E-state index contributed by atoms with van der Waals surface area (Å²) in [4.78, 5) is 4.28. The summed E-state index contributed by atoms with van der Waals surface area (Å²) in [5, 5.41) is 0. The largest absolute Gasteiger partial charge is 0.294 e. The van der Waals surface area contributed by atoms with Gasteiger partial charge in [-0.3, -0.25) is 4.57 Å². The molecule has 0 amide bonds. The fourth-order valence-electron chi connectivity index (χ4n) is 2.10. The van der Waals surface area contributed by atoms with Crippen molar-refractivity contribution in [2.75, 3.05) is 0 Å². The van der Waals surface area contributed by atoms with Crippen LogP contribution in [0.1, 0.15) is 5.82 Å². The van der Waals surface area contributed by atoms with Crippen LogP contribution in [0.4, 0.5) is 4.39 Å². The number of hydrogen-bond acceptors (Lipinski definition) is 1. The summed E-state index contributed by atoms with van der Waals surface area (Å²) in [7, 11) is 0. The molecule has 3 aromatic rings. The lowest BCUT2D eigenvalue weighted by Crippen LogP contribution is -1.99. The van der Waals surface area contributed by atoms with Crippen molar-refractivity contribution in [3.63, 3.8) is 0 Å². The van der Waals surface area contributed by atoms with Crippen molar-refractivity contribution in [3.8, 4) is 5.69 Å². The average molecular weight is 340 g/mol. The van der Waals surface area contributed by atoms with Crippen LogP contribution in [0, 0.1) is 5.82 Å². The number of nitrogens with zero attached hydrogens (tertiary/aromatic N) is 2. The van der Waals surface area contributed by atoms with Gasteiger partial charge >= 0.3 is 0 Å². The first-order valence-electron chi connectivity index (χ1n) is 5.69. The Morgan fingerprint density at radius 3 is 2.68 bits per heavy atom. The number of aromatic nitrogens is 2. The zero-order valence-electron chi connectivity index (χ0n) is 9.78. The summed E-state index contributed by atoms with van der Waals surface area (Å²) in [6, 6.07) is 12.6. The van der Waals surface area contributed by atoms with E-state index in [4.69, 9.17) is 11.6 Å². The van der Waals surface area contributed by atoms with Gasteiger partial charge in [-0.25, -0.2) is 9.37 Å². The molecule has 0 unspecified atom stereocenters. The number of imidazole rings is 1. The number of alkyl halides is 1. The van der Waals surface area contributed by atoms with Crippen molar-refractivity contribution in [3.05, 3.63) is 58.6 Å². The van der Waals surface area contributed by atoms with E-state index in [2.05, 4.69) is 20.9 Å². The summed E-state index contributed by atoms with van der Waals surface area (Å²) in [5.41, 5.74) is 1.95. The fraction of sp³-hybridized carbons (Fsp3) is 0.0714. The smallest absolute Gasteiger partial charge is 0.151 e. The monoisotopic (exact) mass is 338 g/mol. The molecule has 0 N–H and O–H groups in total. The Kier molecular flexibility index (Phi) is 3.29. The Labute approximate surface area is 123 Å². The molecule has 2 nitrogen and oxygen atoms in total. The third-order valence-electron chi connectivity index (χ3n) is 2.92. The van der Waals surface area contributed by atoms with Gasteiger partial charge in [-0.05, 0) is 40.2 Å². The zero-order chi connectivity index (χ0) is 13.4. The molecule has 0 bridgehead atoms. The molecule has 0 saturated heterocycles. The summed E-state index contributed by atoms with van der Waals surface area (Å²) >= 11 is 9.44. The van der Waals surface area contributed by atoms with Crippen LogP contribution in [-0.2, 0) is 5.88 Å². The predicted molar refractivity (Wildman–Crippen MR) is 78.3 cm³/mol. The first-order valence-corrected chi connectivity index (χ1v) is 7.02. The maximum Gasteiger partial charge on any atom is 0.151 e. The third-order valence-corrected chi connectivity index (χ3v) is 3.83. The molecule has 3 rings (SSSR count). The van der Waals surface area contributed by atoms with Gasteiger partial charge in [-0.15, -0.1) is 11.6 Å². The van der Waals surface area contributed by atoms with Gasteiger partial charge in [0.15, 0.2) is 5.82 Å². The van der Waals surface area contributed by atoms with Gasteiger partial charge in [0, 0.05) is 4.47 Å². The minimum atomic E-state index is -0.338. The van der Waals surface area contributed by atoms with Gasteiger partial charge in [0.25, 0.3) is 0 Å². The highest BCUT2D eigenvalue weighted by atomic mass is 79.9. The minimum Gasteiger partial charge on any atom is -0.294 e. The molecule has 2 aromatic carbocycles.